The fraction of sp³-hybridized carbons (Fsp3) is 0.167. The molecule has 0 bridgehead atoms. The summed E-state index contributed by atoms with van der Waals surface area (Å²) < 4.78 is 0. The minimum Gasteiger partial charge on any atom is -0.382 e. The Morgan fingerprint density at radius 1 is 1.06 bits per heavy atom. The average molecular weight is 441 g/mol. The Kier molecular flexibility index (Phi) is 5.35. The summed E-state index contributed by atoms with van der Waals surface area (Å²) in [5, 5.41) is 19.3. The van der Waals surface area contributed by atoms with E-state index in [1.807, 2.05) is 24.3 Å². The number of aromatic nitrogens is 3. The molecule has 0 radical (unpaired) electrons. The number of fused-ring (bicyclic) bond motifs is 1. The molecular weight excluding hydrogens is 416 g/mol. The maximum absolute atomic E-state index is 12.4. The molecule has 0 aliphatic rings. The molecule has 2 amide bonds. The van der Waals surface area contributed by atoms with Gasteiger partial charge in [0.2, 0.25) is 0 Å². The van der Waals surface area contributed by atoms with Crippen LogP contribution in [0.1, 0.15) is 32.0 Å². The van der Waals surface area contributed by atoms with E-state index in [0.717, 1.165) is 16.8 Å². The number of rotatable bonds is 3. The van der Waals surface area contributed by atoms with Crippen LogP contribution in [0.25, 0.3) is 22.2 Å². The van der Waals surface area contributed by atoms with Crippen LogP contribution in [-0.4, -0.2) is 20.9 Å². The van der Waals surface area contributed by atoms with Crippen LogP contribution in [0, 0.1) is 11.3 Å². The van der Waals surface area contributed by atoms with Gasteiger partial charge >= 0.3 is 6.03 Å². The van der Waals surface area contributed by atoms with Gasteiger partial charge in [-0.1, -0.05) is 39.0 Å². The lowest BCUT2D eigenvalue weighted by Gasteiger charge is -2.19. The largest absolute Gasteiger partial charge is 0.382 e. The number of nitrogens with two attached hydrogens (primary N) is 2. The molecule has 9 nitrogen and oxygen atoms in total. The molecule has 0 saturated carbocycles. The number of urea groups is 1. The van der Waals surface area contributed by atoms with Gasteiger partial charge < -0.3 is 22.2 Å². The second kappa shape index (κ2) is 8.16. The number of hydrogen-bond donors (Lipinski definition) is 4. The molecule has 0 fully saturated rings. The Hall–Kier alpha value is -4.58. The molecule has 0 saturated heterocycles. The van der Waals surface area contributed by atoms with Crippen molar-refractivity contribution in [1.29, 1.82) is 5.26 Å². The molecule has 0 aliphatic heterocycles. The van der Waals surface area contributed by atoms with Crippen LogP contribution < -0.4 is 22.2 Å². The number of hydrogen-bond acceptors (Lipinski definition) is 6. The van der Waals surface area contributed by atoms with Gasteiger partial charge in [-0.3, -0.25) is 0 Å². The summed E-state index contributed by atoms with van der Waals surface area (Å²) in [6.45, 7) is 6.22. The first-order valence-electron chi connectivity index (χ1n) is 10.3. The zero-order chi connectivity index (χ0) is 23.8. The molecule has 4 rings (SSSR count). The number of nitriles is 1. The summed E-state index contributed by atoms with van der Waals surface area (Å²) >= 11 is 0. The Morgan fingerprint density at radius 3 is 2.42 bits per heavy atom. The minimum atomic E-state index is -0.409. The van der Waals surface area contributed by atoms with E-state index in [-0.39, 0.29) is 5.41 Å². The van der Waals surface area contributed by atoms with E-state index in [1.165, 1.54) is 4.79 Å². The Bertz CT molecular complexity index is 1390. The van der Waals surface area contributed by atoms with E-state index >= 15 is 0 Å². The zero-order valence-electron chi connectivity index (χ0n) is 18.5. The summed E-state index contributed by atoms with van der Waals surface area (Å²) in [7, 11) is 0. The van der Waals surface area contributed by atoms with E-state index in [4.69, 9.17) is 16.8 Å². The number of nitrogens with one attached hydrogen (secondary N) is 2. The SMILES string of the molecule is CC(C)(C)c1cc(-c2ccc(NC(=O)Nc3cccc(C#N)c3)cc2)c2c(N)nn(N)c2n1. The van der Waals surface area contributed by atoms with Crippen molar-refractivity contribution < 1.29 is 4.79 Å². The number of pyridine rings is 1. The third-order valence-corrected chi connectivity index (χ3v) is 5.16. The van der Waals surface area contributed by atoms with E-state index in [1.54, 1.807) is 36.4 Å². The lowest BCUT2D eigenvalue weighted by molar-refractivity contribution is 0.262. The summed E-state index contributed by atoms with van der Waals surface area (Å²) in [4.78, 5) is 18.2. The van der Waals surface area contributed by atoms with Crippen molar-refractivity contribution in [3.63, 3.8) is 0 Å². The third-order valence-electron chi connectivity index (χ3n) is 5.16. The first-order chi connectivity index (χ1) is 15.7. The van der Waals surface area contributed by atoms with Gasteiger partial charge in [-0.15, -0.1) is 5.10 Å². The first kappa shape index (κ1) is 21.6. The summed E-state index contributed by atoms with van der Waals surface area (Å²) in [6, 6.07) is 17.7. The highest BCUT2D eigenvalue weighted by Crippen LogP contribution is 2.35. The van der Waals surface area contributed by atoms with Crippen LogP contribution in [0.4, 0.5) is 22.0 Å². The smallest absolute Gasteiger partial charge is 0.323 e. The van der Waals surface area contributed by atoms with Crippen LogP contribution in [0.5, 0.6) is 0 Å². The molecule has 2 aromatic heterocycles. The zero-order valence-corrected chi connectivity index (χ0v) is 18.5. The van der Waals surface area contributed by atoms with Crippen LogP contribution in [0.2, 0.25) is 0 Å². The highest BCUT2D eigenvalue weighted by atomic mass is 16.2. The maximum Gasteiger partial charge on any atom is 0.323 e. The van der Waals surface area contributed by atoms with Crippen molar-refractivity contribution in [2.75, 3.05) is 22.2 Å². The number of nitrogen functional groups attached to an aromatic ring is 2. The maximum atomic E-state index is 12.4. The molecular formula is C24H24N8O. The topological polar surface area (TPSA) is 148 Å². The summed E-state index contributed by atoms with van der Waals surface area (Å²) in [5.74, 6) is 6.29. The molecule has 9 heteroatoms. The van der Waals surface area contributed by atoms with E-state index < -0.39 is 6.03 Å². The quantitative estimate of drug-likeness (QED) is 0.351. The predicted molar refractivity (Wildman–Crippen MR) is 130 cm³/mol. The molecule has 0 aliphatic carbocycles. The third kappa shape index (κ3) is 4.41. The molecule has 0 spiro atoms. The standard InChI is InChI=1S/C24H24N8O/c1-24(2,3)19-12-18(20-21(26)31-32(27)22(20)30-19)15-7-9-16(10-8-15)28-23(33)29-17-6-4-5-14(11-17)13-25/h4-12H,27H2,1-3H3,(H2,26,31)(H2,28,29,33). The Morgan fingerprint density at radius 2 is 1.76 bits per heavy atom. The van der Waals surface area contributed by atoms with E-state index in [2.05, 4.69) is 41.5 Å². The second-order valence-corrected chi connectivity index (χ2v) is 8.68. The van der Waals surface area contributed by atoms with Gasteiger partial charge in [0.15, 0.2) is 11.5 Å². The van der Waals surface area contributed by atoms with Gasteiger partial charge in [-0.2, -0.15) is 10.1 Å². The van der Waals surface area contributed by atoms with Crippen molar-refractivity contribution in [3.8, 4) is 17.2 Å². The number of carbonyl (C=O) groups excluding carboxylic acids is 1. The van der Waals surface area contributed by atoms with E-state index in [9.17, 15) is 4.79 Å². The summed E-state index contributed by atoms with van der Waals surface area (Å²) in [5.41, 5.74) is 10.7. The van der Waals surface area contributed by atoms with Crippen molar-refractivity contribution in [3.05, 3.63) is 65.9 Å². The number of anilines is 3. The second-order valence-electron chi connectivity index (χ2n) is 8.68. The molecule has 0 atom stereocenters. The molecule has 166 valence electrons. The van der Waals surface area contributed by atoms with Crippen LogP contribution in [0.15, 0.2) is 54.6 Å². The van der Waals surface area contributed by atoms with Crippen LogP contribution >= 0.6 is 0 Å². The monoisotopic (exact) mass is 440 g/mol. The van der Waals surface area contributed by atoms with Gasteiger partial charge in [-0.25, -0.2) is 9.78 Å². The Balaban J connectivity index is 1.62. The molecule has 0 unspecified atom stereocenters. The lowest BCUT2D eigenvalue weighted by atomic mass is 9.89. The van der Waals surface area contributed by atoms with Crippen LogP contribution in [-0.2, 0) is 5.41 Å². The first-order valence-corrected chi connectivity index (χ1v) is 10.3. The molecule has 2 aromatic carbocycles. The fourth-order valence-electron chi connectivity index (χ4n) is 3.47. The molecule has 6 N–H and O–H groups in total. The highest BCUT2D eigenvalue weighted by molar-refractivity contribution is 6.02. The molecule has 2 heterocycles. The van der Waals surface area contributed by atoms with Gasteiger partial charge in [0.1, 0.15) is 0 Å². The normalized spacial score (nSPS) is 11.2. The van der Waals surface area contributed by atoms with Crippen LogP contribution in [0.3, 0.4) is 0 Å². The number of carbonyl (C=O) groups is 1. The van der Waals surface area contributed by atoms with Gasteiger partial charge in [0.25, 0.3) is 0 Å². The highest BCUT2D eigenvalue weighted by Gasteiger charge is 2.22. The fourth-order valence-corrected chi connectivity index (χ4v) is 3.47. The Labute approximate surface area is 191 Å². The van der Waals surface area contributed by atoms with Gasteiger partial charge in [-0.05, 0) is 47.5 Å². The molecule has 33 heavy (non-hydrogen) atoms. The van der Waals surface area contributed by atoms with E-state index in [0.29, 0.717) is 33.8 Å². The van der Waals surface area contributed by atoms with Gasteiger partial charge in [0, 0.05) is 22.5 Å². The molecule has 4 aromatic rings. The lowest BCUT2D eigenvalue weighted by Crippen LogP contribution is -2.19. The van der Waals surface area contributed by atoms with Crippen molar-refractivity contribution in [1.82, 2.24) is 14.9 Å². The number of benzene rings is 2. The number of nitrogens with zero attached hydrogens (tertiary/aromatic N) is 4. The van der Waals surface area contributed by atoms with Crippen molar-refractivity contribution in [2.24, 2.45) is 0 Å². The average Bonchev–Trinajstić information content (AvgIpc) is 3.07. The van der Waals surface area contributed by atoms with Crippen molar-refractivity contribution >= 4 is 34.3 Å². The summed E-state index contributed by atoms with van der Waals surface area (Å²) in [6.07, 6.45) is 0. The minimum absolute atomic E-state index is 0.204. The number of amides is 2. The predicted octanol–water partition coefficient (Wildman–Crippen LogP) is 4.21. The van der Waals surface area contributed by atoms with Crippen molar-refractivity contribution in [2.45, 2.75) is 26.2 Å². The van der Waals surface area contributed by atoms with Gasteiger partial charge in [0.05, 0.1) is 17.0 Å².